The molecule has 8 heteroatoms. The first-order valence-corrected chi connectivity index (χ1v) is 12.4. The number of piperazine rings is 1. The standard InChI is InChI=1S/C23H28N2O5S/c26-21-14-18-4-1-3-17(18)13-19(21)16-24-7-9-25(10-8-24)31(27,28)20-5-6-22-23(15-20)30-12-2-11-29-22/h5-6,13-15,26H,1-4,7-12,16H2. The maximum absolute atomic E-state index is 13.2. The molecule has 5 rings (SSSR count). The van der Waals surface area contributed by atoms with Gasteiger partial charge in [-0.3, -0.25) is 4.90 Å². The van der Waals surface area contributed by atoms with Crippen LogP contribution in [0.5, 0.6) is 17.2 Å². The first kappa shape index (κ1) is 20.6. The summed E-state index contributed by atoms with van der Waals surface area (Å²) in [6, 6.07) is 8.88. The zero-order chi connectivity index (χ0) is 21.4. The van der Waals surface area contributed by atoms with Crippen molar-refractivity contribution in [2.24, 2.45) is 0 Å². The number of benzene rings is 2. The summed E-state index contributed by atoms with van der Waals surface area (Å²) >= 11 is 0. The Morgan fingerprint density at radius 3 is 2.35 bits per heavy atom. The summed E-state index contributed by atoms with van der Waals surface area (Å²) < 4.78 is 39.2. The second-order valence-electron chi connectivity index (χ2n) is 8.44. The highest BCUT2D eigenvalue weighted by Crippen LogP contribution is 2.33. The van der Waals surface area contributed by atoms with Crippen LogP contribution in [-0.4, -0.2) is 62.1 Å². The molecule has 1 saturated heterocycles. The molecule has 31 heavy (non-hydrogen) atoms. The number of ether oxygens (including phenoxy) is 2. The molecule has 0 amide bonds. The molecule has 3 aliphatic rings. The van der Waals surface area contributed by atoms with Crippen LogP contribution in [0.2, 0.25) is 0 Å². The zero-order valence-electron chi connectivity index (χ0n) is 17.5. The molecule has 0 bridgehead atoms. The topological polar surface area (TPSA) is 79.3 Å². The Hall–Kier alpha value is -2.29. The summed E-state index contributed by atoms with van der Waals surface area (Å²) in [6.45, 7) is 3.81. The van der Waals surface area contributed by atoms with Crippen LogP contribution in [0.4, 0.5) is 0 Å². The van der Waals surface area contributed by atoms with E-state index >= 15 is 0 Å². The maximum Gasteiger partial charge on any atom is 0.243 e. The van der Waals surface area contributed by atoms with E-state index < -0.39 is 10.0 Å². The highest BCUT2D eigenvalue weighted by atomic mass is 32.2. The predicted molar refractivity (Wildman–Crippen MR) is 116 cm³/mol. The third-order valence-corrected chi connectivity index (χ3v) is 8.27. The number of sulfonamides is 1. The van der Waals surface area contributed by atoms with Gasteiger partial charge >= 0.3 is 0 Å². The van der Waals surface area contributed by atoms with Gasteiger partial charge in [-0.25, -0.2) is 8.42 Å². The Morgan fingerprint density at radius 1 is 0.871 bits per heavy atom. The number of fused-ring (bicyclic) bond motifs is 2. The van der Waals surface area contributed by atoms with Gasteiger partial charge in [-0.05, 0) is 48.6 Å². The van der Waals surface area contributed by atoms with Crippen LogP contribution in [-0.2, 0) is 29.4 Å². The van der Waals surface area contributed by atoms with Crippen molar-refractivity contribution in [3.63, 3.8) is 0 Å². The van der Waals surface area contributed by atoms with Crippen molar-refractivity contribution in [3.8, 4) is 17.2 Å². The fourth-order valence-corrected chi connectivity index (χ4v) is 6.05. The van der Waals surface area contributed by atoms with Crippen molar-refractivity contribution in [1.29, 1.82) is 0 Å². The molecule has 0 radical (unpaired) electrons. The van der Waals surface area contributed by atoms with Gasteiger partial charge in [-0.1, -0.05) is 6.07 Å². The van der Waals surface area contributed by atoms with Crippen LogP contribution in [0.1, 0.15) is 29.5 Å². The lowest BCUT2D eigenvalue weighted by Gasteiger charge is -2.34. The summed E-state index contributed by atoms with van der Waals surface area (Å²) in [4.78, 5) is 2.44. The molecule has 0 saturated carbocycles. The lowest BCUT2D eigenvalue weighted by Crippen LogP contribution is -2.48. The highest BCUT2D eigenvalue weighted by molar-refractivity contribution is 7.89. The van der Waals surface area contributed by atoms with E-state index in [9.17, 15) is 13.5 Å². The first-order valence-electron chi connectivity index (χ1n) is 11.0. The minimum atomic E-state index is -3.60. The molecule has 166 valence electrons. The number of phenolic OH excluding ortho intramolecular Hbond substituents is 1. The first-order chi connectivity index (χ1) is 15.0. The summed E-state index contributed by atoms with van der Waals surface area (Å²) in [6.07, 6.45) is 4.04. The van der Waals surface area contributed by atoms with Crippen LogP contribution in [0, 0.1) is 0 Å². The van der Waals surface area contributed by atoms with Crippen LogP contribution in [0.25, 0.3) is 0 Å². The van der Waals surface area contributed by atoms with Gasteiger partial charge in [0, 0.05) is 50.8 Å². The van der Waals surface area contributed by atoms with Crippen LogP contribution >= 0.6 is 0 Å². The van der Waals surface area contributed by atoms with Gasteiger partial charge in [0.15, 0.2) is 11.5 Å². The van der Waals surface area contributed by atoms with E-state index in [0.29, 0.717) is 63.2 Å². The van der Waals surface area contributed by atoms with Crippen LogP contribution < -0.4 is 9.47 Å². The van der Waals surface area contributed by atoms with Gasteiger partial charge in [0.1, 0.15) is 5.75 Å². The van der Waals surface area contributed by atoms with Crippen LogP contribution in [0.15, 0.2) is 35.2 Å². The largest absolute Gasteiger partial charge is 0.508 e. The Kier molecular flexibility index (Phi) is 5.54. The van der Waals surface area contributed by atoms with E-state index in [1.54, 1.807) is 18.2 Å². The second kappa shape index (κ2) is 8.33. The molecule has 0 unspecified atom stereocenters. The quantitative estimate of drug-likeness (QED) is 0.781. The summed E-state index contributed by atoms with van der Waals surface area (Å²) in [5.41, 5.74) is 3.52. The molecule has 2 aromatic carbocycles. The number of aryl methyl sites for hydroxylation is 2. The number of aromatic hydroxyl groups is 1. The van der Waals surface area contributed by atoms with E-state index in [1.165, 1.54) is 15.4 Å². The molecule has 1 N–H and O–H groups in total. The average molecular weight is 445 g/mol. The van der Waals surface area contributed by atoms with Crippen molar-refractivity contribution in [2.75, 3.05) is 39.4 Å². The van der Waals surface area contributed by atoms with Gasteiger partial charge < -0.3 is 14.6 Å². The highest BCUT2D eigenvalue weighted by Gasteiger charge is 2.30. The van der Waals surface area contributed by atoms with Gasteiger partial charge in [-0.15, -0.1) is 0 Å². The Bertz CT molecular complexity index is 1080. The van der Waals surface area contributed by atoms with Crippen molar-refractivity contribution >= 4 is 10.0 Å². The number of rotatable bonds is 4. The molecule has 7 nitrogen and oxygen atoms in total. The minimum Gasteiger partial charge on any atom is -0.508 e. The number of hydrogen-bond acceptors (Lipinski definition) is 6. The van der Waals surface area contributed by atoms with Crippen molar-refractivity contribution in [3.05, 3.63) is 47.0 Å². The van der Waals surface area contributed by atoms with E-state index in [4.69, 9.17) is 9.47 Å². The molecule has 2 aromatic rings. The molecule has 0 spiro atoms. The summed E-state index contributed by atoms with van der Waals surface area (Å²) in [7, 11) is -3.60. The molecular weight excluding hydrogens is 416 g/mol. The van der Waals surface area contributed by atoms with Gasteiger partial charge in [0.2, 0.25) is 10.0 Å². The van der Waals surface area contributed by atoms with Gasteiger partial charge in [0.25, 0.3) is 0 Å². The molecule has 0 atom stereocenters. The second-order valence-corrected chi connectivity index (χ2v) is 10.4. The lowest BCUT2D eigenvalue weighted by atomic mass is 10.0. The van der Waals surface area contributed by atoms with Gasteiger partial charge in [-0.2, -0.15) is 4.31 Å². The van der Waals surface area contributed by atoms with Gasteiger partial charge in [0.05, 0.1) is 18.1 Å². The molecule has 2 aliphatic heterocycles. The van der Waals surface area contributed by atoms with E-state index in [2.05, 4.69) is 11.0 Å². The normalized spacial score (nSPS) is 19.7. The van der Waals surface area contributed by atoms with Crippen LogP contribution in [0.3, 0.4) is 0 Å². The molecule has 0 aromatic heterocycles. The van der Waals surface area contributed by atoms with E-state index in [1.807, 2.05) is 6.07 Å². The minimum absolute atomic E-state index is 0.237. The summed E-state index contributed by atoms with van der Waals surface area (Å²) in [5.74, 6) is 1.43. The van der Waals surface area contributed by atoms with Crippen molar-refractivity contribution < 1.29 is 23.0 Å². The summed E-state index contributed by atoms with van der Waals surface area (Å²) in [5, 5.41) is 10.4. The van der Waals surface area contributed by atoms with E-state index in [-0.39, 0.29) is 4.90 Å². The SMILES string of the molecule is O=S(=O)(c1ccc2c(c1)OCCCO2)N1CCN(Cc2cc3c(cc2O)CCC3)CC1. The van der Waals surface area contributed by atoms with E-state index in [0.717, 1.165) is 31.2 Å². The average Bonchev–Trinajstić information content (AvgIpc) is 3.08. The Labute approximate surface area is 183 Å². The van der Waals surface area contributed by atoms with Crippen molar-refractivity contribution in [2.45, 2.75) is 37.1 Å². The fraction of sp³-hybridized carbons (Fsp3) is 0.478. The Morgan fingerprint density at radius 2 is 1.58 bits per heavy atom. The number of nitrogens with zero attached hydrogens (tertiary/aromatic N) is 2. The molecule has 1 aliphatic carbocycles. The van der Waals surface area contributed by atoms with Crippen molar-refractivity contribution in [1.82, 2.24) is 9.21 Å². The monoisotopic (exact) mass is 444 g/mol. The third-order valence-electron chi connectivity index (χ3n) is 6.38. The number of hydrogen-bond donors (Lipinski definition) is 1. The molecule has 2 heterocycles. The zero-order valence-corrected chi connectivity index (χ0v) is 18.4. The Balaban J connectivity index is 1.25. The lowest BCUT2D eigenvalue weighted by molar-refractivity contribution is 0.180. The predicted octanol–water partition coefficient (Wildman–Crippen LogP) is 2.55. The molecular formula is C23H28N2O5S. The number of phenols is 1. The molecule has 1 fully saturated rings. The third kappa shape index (κ3) is 4.12. The smallest absolute Gasteiger partial charge is 0.243 e. The fourth-order valence-electron chi connectivity index (χ4n) is 4.61. The maximum atomic E-state index is 13.2.